The van der Waals surface area contributed by atoms with Crippen molar-refractivity contribution in [3.63, 3.8) is 0 Å². The number of nitrogens with one attached hydrogen (secondary N) is 1. The van der Waals surface area contributed by atoms with Crippen LogP contribution in [-0.2, 0) is 23.1 Å². The van der Waals surface area contributed by atoms with Gasteiger partial charge >= 0.3 is 0 Å². The van der Waals surface area contributed by atoms with Crippen molar-refractivity contribution in [3.8, 4) is 5.75 Å². The van der Waals surface area contributed by atoms with Gasteiger partial charge in [-0.2, -0.15) is 0 Å². The molecule has 11 heteroatoms. The minimum Gasteiger partial charge on any atom is -0.501 e. The van der Waals surface area contributed by atoms with Crippen molar-refractivity contribution in [1.29, 1.82) is 0 Å². The van der Waals surface area contributed by atoms with Crippen molar-refractivity contribution >= 4 is 11.8 Å². The number of carbonyl (C=O) groups is 2. The minimum atomic E-state index is -0.782. The Hall–Kier alpha value is -3.31. The van der Waals surface area contributed by atoms with Crippen LogP contribution in [0.5, 0.6) is 5.75 Å². The Morgan fingerprint density at radius 1 is 1.30 bits per heavy atom. The van der Waals surface area contributed by atoms with E-state index in [4.69, 9.17) is 4.74 Å². The molecule has 0 spiro atoms. The molecule has 33 heavy (non-hydrogen) atoms. The number of nitrogens with zero attached hydrogens (tertiary/aromatic N) is 4. The van der Waals surface area contributed by atoms with Gasteiger partial charge in [0.05, 0.1) is 12.8 Å². The van der Waals surface area contributed by atoms with E-state index in [2.05, 4.69) is 10.3 Å². The average Bonchev–Trinajstić information content (AvgIpc) is 3.26. The van der Waals surface area contributed by atoms with E-state index < -0.39 is 34.8 Å². The van der Waals surface area contributed by atoms with Crippen LogP contribution in [0.4, 0.5) is 4.39 Å². The Bertz CT molecular complexity index is 1070. The topological polar surface area (TPSA) is 117 Å². The van der Waals surface area contributed by atoms with Gasteiger partial charge < -0.3 is 20.1 Å². The van der Waals surface area contributed by atoms with E-state index in [1.807, 2.05) is 14.1 Å². The molecule has 0 saturated carbocycles. The fraction of sp³-hybridized carbons (Fsp3) is 0.455. The summed E-state index contributed by atoms with van der Waals surface area (Å²) in [6, 6.07) is 5.03. The van der Waals surface area contributed by atoms with E-state index in [1.165, 1.54) is 31.3 Å². The largest absolute Gasteiger partial charge is 0.501 e. The van der Waals surface area contributed by atoms with Gasteiger partial charge in [0.1, 0.15) is 18.2 Å². The molecular weight excluding hydrogens is 433 g/mol. The molecule has 2 amide bonds. The Balaban J connectivity index is 1.81. The molecule has 178 valence electrons. The Morgan fingerprint density at radius 3 is 2.67 bits per heavy atom. The van der Waals surface area contributed by atoms with Gasteiger partial charge in [0.15, 0.2) is 5.69 Å². The van der Waals surface area contributed by atoms with Crippen LogP contribution in [0.3, 0.4) is 0 Å². The van der Waals surface area contributed by atoms with Crippen molar-refractivity contribution in [1.82, 2.24) is 24.7 Å². The number of carbonyl (C=O) groups excluding carboxylic acids is 2. The number of hydrogen-bond donors (Lipinski definition) is 2. The van der Waals surface area contributed by atoms with Gasteiger partial charge in [0.2, 0.25) is 11.7 Å². The van der Waals surface area contributed by atoms with E-state index >= 15 is 0 Å². The molecule has 1 aliphatic heterocycles. The first-order valence-corrected chi connectivity index (χ1v) is 10.5. The fourth-order valence-electron chi connectivity index (χ4n) is 3.66. The van der Waals surface area contributed by atoms with Gasteiger partial charge in [0, 0.05) is 20.1 Å². The number of likely N-dealkylation sites (tertiary alicyclic amines) is 1. The molecule has 1 unspecified atom stereocenters. The maximum Gasteiger partial charge on any atom is 0.296 e. The summed E-state index contributed by atoms with van der Waals surface area (Å²) in [6.45, 7) is 0.698. The van der Waals surface area contributed by atoms with Gasteiger partial charge in [-0.15, -0.1) is 0 Å². The van der Waals surface area contributed by atoms with Crippen molar-refractivity contribution in [2.24, 2.45) is 7.05 Å². The first kappa shape index (κ1) is 24.3. The molecule has 2 aromatic rings. The molecule has 1 atom stereocenters. The van der Waals surface area contributed by atoms with Gasteiger partial charge in [-0.3, -0.25) is 23.9 Å². The van der Waals surface area contributed by atoms with Crippen LogP contribution in [0.1, 0.15) is 40.8 Å². The smallest absolute Gasteiger partial charge is 0.296 e. The second-order valence-corrected chi connectivity index (χ2v) is 8.14. The van der Waals surface area contributed by atoms with Crippen molar-refractivity contribution in [2.75, 3.05) is 34.0 Å². The molecular formula is C22H28FN5O5. The first-order valence-electron chi connectivity index (χ1n) is 10.5. The molecule has 0 radical (unpaired) electrons. The summed E-state index contributed by atoms with van der Waals surface area (Å²) in [5.41, 5.74) is -0.563. The monoisotopic (exact) mass is 461 g/mol. The van der Waals surface area contributed by atoms with Gasteiger partial charge in [0.25, 0.3) is 11.5 Å². The SMILES string of the molecule is CN(C)COCC(=O)N1CCCC1c1nc(C(=O)NCc2ccc(F)cc2)c(O)c(=O)n1C. The lowest BCUT2D eigenvalue weighted by Crippen LogP contribution is -2.38. The highest BCUT2D eigenvalue weighted by molar-refractivity contribution is 5.94. The number of amides is 2. The summed E-state index contributed by atoms with van der Waals surface area (Å²) in [5, 5.41) is 12.9. The number of ether oxygens (including phenoxy) is 1. The van der Waals surface area contributed by atoms with Crippen LogP contribution in [0.25, 0.3) is 0 Å². The molecule has 1 fully saturated rings. The lowest BCUT2D eigenvalue weighted by Gasteiger charge is -2.26. The predicted octanol–water partition coefficient (Wildman–Crippen LogP) is 0.754. The highest BCUT2D eigenvalue weighted by Gasteiger charge is 2.34. The quantitative estimate of drug-likeness (QED) is 0.557. The molecule has 2 N–H and O–H groups in total. The molecule has 1 aromatic heterocycles. The number of benzene rings is 1. The average molecular weight is 461 g/mol. The zero-order chi connectivity index (χ0) is 24.1. The molecule has 3 rings (SSSR count). The van der Waals surface area contributed by atoms with Gasteiger partial charge in [-0.1, -0.05) is 12.1 Å². The zero-order valence-corrected chi connectivity index (χ0v) is 18.9. The van der Waals surface area contributed by atoms with E-state index in [9.17, 15) is 23.9 Å². The summed E-state index contributed by atoms with van der Waals surface area (Å²) in [4.78, 5) is 45.7. The number of aromatic hydroxyl groups is 1. The third-order valence-electron chi connectivity index (χ3n) is 5.33. The van der Waals surface area contributed by atoms with Crippen LogP contribution in [0.15, 0.2) is 29.1 Å². The number of hydrogen-bond acceptors (Lipinski definition) is 7. The standard InChI is InChI=1S/C22H28FN5O5/c1-26(2)13-33-12-17(29)28-10-4-5-16(28)20-25-18(19(30)22(32)27(20)3)21(31)24-11-14-6-8-15(23)9-7-14/h6-9,16,30H,4-5,10-13H2,1-3H3,(H,24,31). The maximum atomic E-state index is 13.1. The van der Waals surface area contributed by atoms with Crippen molar-refractivity contribution in [3.05, 3.63) is 57.5 Å². The highest BCUT2D eigenvalue weighted by atomic mass is 19.1. The second kappa shape index (κ2) is 10.5. The maximum absolute atomic E-state index is 13.1. The van der Waals surface area contributed by atoms with Crippen molar-refractivity contribution in [2.45, 2.75) is 25.4 Å². The summed E-state index contributed by atoms with van der Waals surface area (Å²) < 4.78 is 19.6. The Kier molecular flexibility index (Phi) is 7.77. The van der Waals surface area contributed by atoms with Gasteiger partial charge in [-0.25, -0.2) is 9.37 Å². The van der Waals surface area contributed by atoms with E-state index in [0.717, 1.165) is 4.57 Å². The number of halogens is 1. The molecule has 2 heterocycles. The van der Waals surface area contributed by atoms with E-state index in [-0.39, 0.29) is 24.9 Å². The molecule has 0 aliphatic carbocycles. The summed E-state index contributed by atoms with van der Waals surface area (Å²) in [5.74, 6) is -1.96. The lowest BCUT2D eigenvalue weighted by atomic mass is 10.2. The molecule has 1 aliphatic rings. The molecule has 10 nitrogen and oxygen atoms in total. The third-order valence-corrected chi connectivity index (χ3v) is 5.33. The summed E-state index contributed by atoms with van der Waals surface area (Å²) >= 11 is 0. The normalized spacial score (nSPS) is 15.8. The van der Waals surface area contributed by atoms with Crippen LogP contribution in [-0.4, -0.2) is 70.2 Å². The second-order valence-electron chi connectivity index (χ2n) is 8.14. The Morgan fingerprint density at radius 2 is 2.00 bits per heavy atom. The molecule has 1 aromatic carbocycles. The lowest BCUT2D eigenvalue weighted by molar-refractivity contribution is -0.138. The van der Waals surface area contributed by atoms with E-state index in [0.29, 0.717) is 31.7 Å². The van der Waals surface area contributed by atoms with Crippen LogP contribution < -0.4 is 10.9 Å². The van der Waals surface area contributed by atoms with E-state index in [1.54, 1.807) is 9.80 Å². The summed E-state index contributed by atoms with van der Waals surface area (Å²) in [7, 11) is 5.08. The minimum absolute atomic E-state index is 0.0576. The number of aromatic nitrogens is 2. The highest BCUT2D eigenvalue weighted by Crippen LogP contribution is 2.31. The molecule has 0 bridgehead atoms. The zero-order valence-electron chi connectivity index (χ0n) is 18.9. The summed E-state index contributed by atoms with van der Waals surface area (Å²) in [6.07, 6.45) is 1.26. The van der Waals surface area contributed by atoms with Gasteiger partial charge in [-0.05, 0) is 44.6 Å². The first-order chi connectivity index (χ1) is 15.7. The number of rotatable bonds is 8. The van der Waals surface area contributed by atoms with Crippen molar-refractivity contribution < 1.29 is 23.8 Å². The Labute approximate surface area is 190 Å². The fourth-order valence-corrected chi connectivity index (χ4v) is 3.66. The van der Waals surface area contributed by atoms with Crippen LogP contribution in [0.2, 0.25) is 0 Å². The van der Waals surface area contributed by atoms with Crippen LogP contribution in [0, 0.1) is 5.82 Å². The van der Waals surface area contributed by atoms with Crippen LogP contribution >= 0.6 is 0 Å². The third kappa shape index (κ3) is 5.74. The predicted molar refractivity (Wildman–Crippen MR) is 117 cm³/mol. The molecule has 1 saturated heterocycles.